The highest BCUT2D eigenvalue weighted by Crippen LogP contribution is 2.47. The Hall–Kier alpha value is -1.59. The fraction of sp³-hybridized carbons (Fsp3) is 0.741. The summed E-state index contributed by atoms with van der Waals surface area (Å²) in [7, 11) is 0. The second-order valence-corrected chi connectivity index (χ2v) is 11.7. The Labute approximate surface area is 194 Å². The number of fused-ring (bicyclic) bond motifs is 2. The van der Waals surface area contributed by atoms with E-state index in [2.05, 4.69) is 53.7 Å². The van der Waals surface area contributed by atoms with Gasteiger partial charge in [0.15, 0.2) is 0 Å². The van der Waals surface area contributed by atoms with Gasteiger partial charge in [0, 0.05) is 12.8 Å². The molecule has 2 aliphatic heterocycles. The van der Waals surface area contributed by atoms with Crippen molar-refractivity contribution in [2.24, 2.45) is 0 Å². The molecule has 2 fully saturated rings. The third-order valence-corrected chi connectivity index (χ3v) is 6.76. The molecule has 1 amide bonds. The average molecular weight is 446 g/mol. The van der Waals surface area contributed by atoms with Gasteiger partial charge < -0.3 is 14.6 Å². The van der Waals surface area contributed by atoms with Crippen molar-refractivity contribution in [3.05, 3.63) is 34.4 Å². The molecule has 2 heterocycles. The molecule has 1 aromatic rings. The van der Waals surface area contributed by atoms with Crippen LogP contribution in [-0.2, 0) is 15.1 Å². The molecule has 2 atom stereocenters. The number of nitrogens with zero attached hydrogens (tertiary/aromatic N) is 1. The molecule has 2 saturated heterocycles. The molecule has 0 radical (unpaired) electrons. The number of rotatable bonds is 4. The zero-order valence-electron chi connectivity index (χ0n) is 21.5. The lowest BCUT2D eigenvalue weighted by Crippen LogP contribution is -2.63. The first kappa shape index (κ1) is 25.0. The number of hydrogen-bond donors (Lipinski definition) is 1. The van der Waals surface area contributed by atoms with Crippen molar-refractivity contribution in [2.45, 2.75) is 116 Å². The molecule has 0 spiro atoms. The molecule has 2 aliphatic rings. The normalized spacial score (nSPS) is 26.2. The maximum atomic E-state index is 13.0. The molecule has 2 bridgehead atoms. The van der Waals surface area contributed by atoms with E-state index in [1.807, 2.05) is 25.7 Å². The van der Waals surface area contributed by atoms with Crippen LogP contribution in [0.25, 0.3) is 0 Å². The number of benzene rings is 1. The Kier molecular flexibility index (Phi) is 7.03. The molecule has 0 aliphatic carbocycles. The van der Waals surface area contributed by atoms with Gasteiger partial charge in [-0.1, -0.05) is 53.7 Å². The van der Waals surface area contributed by atoms with Gasteiger partial charge in [-0.15, -0.1) is 0 Å². The summed E-state index contributed by atoms with van der Waals surface area (Å²) < 4.78 is 11.5. The smallest absolute Gasteiger partial charge is 0.410 e. The van der Waals surface area contributed by atoms with Crippen LogP contribution in [0.4, 0.5) is 4.79 Å². The van der Waals surface area contributed by atoms with Crippen LogP contribution in [0.15, 0.2) is 12.1 Å². The van der Waals surface area contributed by atoms with E-state index in [9.17, 15) is 9.90 Å². The predicted molar refractivity (Wildman–Crippen MR) is 128 cm³/mol. The van der Waals surface area contributed by atoms with Gasteiger partial charge in [-0.3, -0.25) is 4.90 Å². The minimum Gasteiger partial charge on any atom is -0.444 e. The summed E-state index contributed by atoms with van der Waals surface area (Å²) in [5, 5.41) is 12.2. The van der Waals surface area contributed by atoms with Crippen LogP contribution in [0.2, 0.25) is 0 Å². The zero-order valence-corrected chi connectivity index (χ0v) is 21.5. The van der Waals surface area contributed by atoms with Crippen molar-refractivity contribution in [3.63, 3.8) is 0 Å². The third kappa shape index (κ3) is 4.99. The zero-order chi connectivity index (χ0) is 24.0. The monoisotopic (exact) mass is 445 g/mol. The highest BCUT2D eigenvalue weighted by molar-refractivity contribution is 5.69. The predicted octanol–water partition coefficient (Wildman–Crippen LogP) is 6.04. The summed E-state index contributed by atoms with van der Waals surface area (Å²) in [6.45, 7) is 19.8. The maximum absolute atomic E-state index is 13.0. The van der Waals surface area contributed by atoms with Crippen LogP contribution in [0.5, 0.6) is 0 Å². The molecule has 1 N–H and O–H groups in total. The molecule has 180 valence electrons. The minimum atomic E-state index is -0.994. The fourth-order valence-electron chi connectivity index (χ4n) is 5.29. The van der Waals surface area contributed by atoms with Gasteiger partial charge in [0.2, 0.25) is 0 Å². The number of aliphatic hydroxyl groups is 1. The van der Waals surface area contributed by atoms with Gasteiger partial charge in [0.05, 0.1) is 30.9 Å². The van der Waals surface area contributed by atoms with Crippen LogP contribution in [0, 0.1) is 0 Å². The largest absolute Gasteiger partial charge is 0.444 e. The molecule has 0 aromatic heterocycles. The second kappa shape index (κ2) is 8.98. The molecule has 32 heavy (non-hydrogen) atoms. The van der Waals surface area contributed by atoms with Crippen molar-refractivity contribution < 1.29 is 19.4 Å². The van der Waals surface area contributed by atoms with Gasteiger partial charge in [0.25, 0.3) is 0 Å². The van der Waals surface area contributed by atoms with Crippen LogP contribution in [0.1, 0.15) is 115 Å². The summed E-state index contributed by atoms with van der Waals surface area (Å²) in [6, 6.07) is 4.18. The third-order valence-electron chi connectivity index (χ3n) is 6.76. The van der Waals surface area contributed by atoms with E-state index in [4.69, 9.17) is 9.47 Å². The first-order valence-electron chi connectivity index (χ1n) is 12.2. The lowest BCUT2D eigenvalue weighted by molar-refractivity contribution is -0.141. The van der Waals surface area contributed by atoms with Gasteiger partial charge in [-0.25, -0.2) is 4.79 Å². The van der Waals surface area contributed by atoms with Crippen LogP contribution in [-0.4, -0.2) is 47.0 Å². The highest BCUT2D eigenvalue weighted by atomic mass is 16.6. The van der Waals surface area contributed by atoms with Crippen molar-refractivity contribution >= 4 is 6.09 Å². The Balaban J connectivity index is 2.06. The fourth-order valence-corrected chi connectivity index (χ4v) is 5.29. The van der Waals surface area contributed by atoms with E-state index in [-0.39, 0.29) is 18.2 Å². The van der Waals surface area contributed by atoms with Gasteiger partial charge >= 0.3 is 6.09 Å². The first-order chi connectivity index (χ1) is 14.7. The van der Waals surface area contributed by atoms with Crippen molar-refractivity contribution in [1.29, 1.82) is 0 Å². The summed E-state index contributed by atoms with van der Waals surface area (Å²) in [5.41, 5.74) is 3.31. The number of hydrogen-bond acceptors (Lipinski definition) is 4. The quantitative estimate of drug-likeness (QED) is 0.613. The standard InChI is InChI=1S/C27H43NO4/c1-16(2)19-10-22(17(3)4)24(23(11-19)18(5)6)27(30)12-20-14-31-15-21(13-27)28(20)25(29)32-26(7,8)9/h10-11,16-18,20-21,30H,12-15H2,1-9H3. The Morgan fingerprint density at radius 3 is 1.84 bits per heavy atom. The molecule has 2 unspecified atom stereocenters. The van der Waals surface area contributed by atoms with Crippen LogP contribution in [0.3, 0.4) is 0 Å². The van der Waals surface area contributed by atoms with Crippen molar-refractivity contribution in [3.8, 4) is 0 Å². The lowest BCUT2D eigenvalue weighted by Gasteiger charge is -2.52. The molecule has 5 heteroatoms. The molecular weight excluding hydrogens is 402 g/mol. The van der Waals surface area contributed by atoms with Crippen LogP contribution >= 0.6 is 0 Å². The average Bonchev–Trinajstić information content (AvgIpc) is 2.64. The molecule has 0 saturated carbocycles. The summed E-state index contributed by atoms with van der Waals surface area (Å²) in [5.74, 6) is 1.02. The van der Waals surface area contributed by atoms with E-state index >= 15 is 0 Å². The van der Waals surface area contributed by atoms with Gasteiger partial charge in [0.1, 0.15) is 5.60 Å². The summed E-state index contributed by atoms with van der Waals surface area (Å²) >= 11 is 0. The van der Waals surface area contributed by atoms with E-state index in [1.54, 1.807) is 0 Å². The number of amides is 1. The lowest BCUT2D eigenvalue weighted by atomic mass is 9.70. The van der Waals surface area contributed by atoms with Gasteiger partial charge in [-0.05, 0) is 60.8 Å². The van der Waals surface area contributed by atoms with E-state index in [1.165, 1.54) is 16.7 Å². The number of carbonyl (C=O) groups excluding carboxylic acids is 1. The number of ether oxygens (including phenoxy) is 2. The van der Waals surface area contributed by atoms with Crippen molar-refractivity contribution in [2.75, 3.05) is 13.2 Å². The Morgan fingerprint density at radius 1 is 1.00 bits per heavy atom. The number of piperidine rings is 1. The molecular formula is C27H43NO4. The molecule has 5 nitrogen and oxygen atoms in total. The van der Waals surface area contributed by atoms with E-state index < -0.39 is 11.2 Å². The minimum absolute atomic E-state index is 0.202. The topological polar surface area (TPSA) is 59.0 Å². The summed E-state index contributed by atoms with van der Waals surface area (Å²) in [6.07, 6.45) is 0.619. The van der Waals surface area contributed by atoms with Crippen molar-refractivity contribution in [1.82, 2.24) is 4.90 Å². The Morgan fingerprint density at radius 2 is 1.47 bits per heavy atom. The number of carbonyl (C=O) groups is 1. The number of morpholine rings is 1. The molecule has 3 rings (SSSR count). The van der Waals surface area contributed by atoms with E-state index in [0.717, 1.165) is 5.56 Å². The SMILES string of the molecule is CC(C)c1cc(C(C)C)c(C2(O)CC3COCC(C2)N3C(=O)OC(C)(C)C)c(C(C)C)c1. The first-order valence-corrected chi connectivity index (χ1v) is 12.2. The summed E-state index contributed by atoms with van der Waals surface area (Å²) in [4.78, 5) is 14.8. The second-order valence-electron chi connectivity index (χ2n) is 11.7. The highest BCUT2D eigenvalue weighted by Gasteiger charge is 2.51. The Bertz CT molecular complexity index is 794. The maximum Gasteiger partial charge on any atom is 0.410 e. The van der Waals surface area contributed by atoms with E-state index in [0.29, 0.717) is 43.8 Å². The van der Waals surface area contributed by atoms with Crippen LogP contribution < -0.4 is 0 Å². The van der Waals surface area contributed by atoms with Gasteiger partial charge in [-0.2, -0.15) is 0 Å². The molecule has 1 aromatic carbocycles.